The normalized spacial score (nSPS) is 13.3. The Morgan fingerprint density at radius 2 is 1.57 bits per heavy atom. The molecule has 0 aliphatic heterocycles. The number of hydrogen-bond acceptors (Lipinski definition) is 4. The molecule has 0 radical (unpaired) electrons. The molecule has 1 unspecified atom stereocenters. The van der Waals surface area contributed by atoms with Gasteiger partial charge in [-0.3, -0.25) is 10.4 Å². The standard InChI is InChI=1S/C2H7NO3.ClH/c1-2(4)3(5)6;/h2,4-6H,1H3;1H. The van der Waals surface area contributed by atoms with Crippen LogP contribution in [0.1, 0.15) is 6.92 Å². The van der Waals surface area contributed by atoms with E-state index in [1.807, 2.05) is 0 Å². The van der Waals surface area contributed by atoms with Gasteiger partial charge in [0.05, 0.1) is 0 Å². The number of aliphatic hydroxyl groups is 1. The van der Waals surface area contributed by atoms with Gasteiger partial charge in [-0.15, -0.1) is 12.4 Å². The smallest absolute Gasteiger partial charge is 0.153 e. The highest BCUT2D eigenvalue weighted by molar-refractivity contribution is 5.85. The minimum absolute atomic E-state index is 0. The summed E-state index contributed by atoms with van der Waals surface area (Å²) in [6.07, 6.45) is -1.20. The summed E-state index contributed by atoms with van der Waals surface area (Å²) in [6.45, 7) is 1.22. The fourth-order valence-electron chi connectivity index (χ4n) is 0. The van der Waals surface area contributed by atoms with E-state index in [4.69, 9.17) is 15.5 Å². The summed E-state index contributed by atoms with van der Waals surface area (Å²) in [5.41, 5.74) is 0. The van der Waals surface area contributed by atoms with Crippen LogP contribution in [-0.2, 0) is 0 Å². The lowest BCUT2D eigenvalue weighted by molar-refractivity contribution is -0.365. The molecule has 3 N–H and O–H groups in total. The van der Waals surface area contributed by atoms with E-state index in [0.29, 0.717) is 0 Å². The zero-order chi connectivity index (χ0) is 5.15. The first-order chi connectivity index (χ1) is 2.64. The van der Waals surface area contributed by atoms with Crippen molar-refractivity contribution in [3.05, 3.63) is 0 Å². The molecule has 0 amide bonds. The van der Waals surface area contributed by atoms with Crippen molar-refractivity contribution in [1.29, 1.82) is 0 Å². The third-order valence-corrected chi connectivity index (χ3v) is 0.334. The molecule has 0 aromatic heterocycles. The second kappa shape index (κ2) is 4.29. The molecule has 0 bridgehead atoms. The molecule has 0 aliphatic carbocycles. The van der Waals surface area contributed by atoms with Gasteiger partial charge in [-0.25, -0.2) is 0 Å². The van der Waals surface area contributed by atoms with Crippen LogP contribution in [0.4, 0.5) is 0 Å². The zero-order valence-corrected chi connectivity index (χ0v) is 4.59. The molecule has 0 saturated heterocycles. The Bertz CT molecular complexity index is 33.9. The second-order valence-electron chi connectivity index (χ2n) is 0.952. The topological polar surface area (TPSA) is 63.9 Å². The van der Waals surface area contributed by atoms with Crippen molar-refractivity contribution in [2.75, 3.05) is 0 Å². The molecule has 0 aliphatic rings. The Kier molecular flexibility index (Phi) is 6.24. The Labute approximate surface area is 47.3 Å². The van der Waals surface area contributed by atoms with Gasteiger partial charge in [0.15, 0.2) is 6.23 Å². The van der Waals surface area contributed by atoms with Crippen molar-refractivity contribution in [3.8, 4) is 0 Å². The van der Waals surface area contributed by atoms with E-state index in [2.05, 4.69) is 0 Å². The van der Waals surface area contributed by atoms with Crippen LogP contribution in [0.25, 0.3) is 0 Å². The molecule has 7 heavy (non-hydrogen) atoms. The van der Waals surface area contributed by atoms with E-state index in [1.165, 1.54) is 6.92 Å². The molecule has 0 spiro atoms. The average Bonchev–Trinajstić information content (AvgIpc) is 1.36. The summed E-state index contributed by atoms with van der Waals surface area (Å²) >= 11 is 0. The fraction of sp³-hybridized carbons (Fsp3) is 1.00. The van der Waals surface area contributed by atoms with Crippen LogP contribution < -0.4 is 0 Å². The first kappa shape index (κ1) is 10.2. The summed E-state index contributed by atoms with van der Waals surface area (Å²) in [7, 11) is 0. The molecular formula is C2H8ClNO3. The molecular weight excluding hydrogens is 121 g/mol. The monoisotopic (exact) mass is 129 g/mol. The van der Waals surface area contributed by atoms with E-state index >= 15 is 0 Å². The number of aliphatic hydroxyl groups excluding tert-OH is 1. The molecule has 5 heteroatoms. The highest BCUT2D eigenvalue weighted by atomic mass is 35.5. The second-order valence-corrected chi connectivity index (χ2v) is 0.952. The number of hydrogen-bond donors (Lipinski definition) is 3. The first-order valence-electron chi connectivity index (χ1n) is 1.49. The molecule has 46 valence electrons. The van der Waals surface area contributed by atoms with Crippen LogP contribution in [0.2, 0.25) is 0 Å². The number of nitrogens with zero attached hydrogens (tertiary/aromatic N) is 1. The van der Waals surface area contributed by atoms with Crippen LogP contribution in [0.5, 0.6) is 0 Å². The molecule has 0 fully saturated rings. The molecule has 0 aromatic carbocycles. The van der Waals surface area contributed by atoms with Gasteiger partial charge in [-0.1, -0.05) is 0 Å². The van der Waals surface area contributed by atoms with Crippen LogP contribution in [-0.4, -0.2) is 27.0 Å². The summed E-state index contributed by atoms with van der Waals surface area (Å²) < 4.78 is 0. The van der Waals surface area contributed by atoms with Crippen LogP contribution in [0, 0.1) is 0 Å². The maximum atomic E-state index is 8.06. The van der Waals surface area contributed by atoms with E-state index in [9.17, 15) is 0 Å². The van der Waals surface area contributed by atoms with E-state index in [1.54, 1.807) is 0 Å². The van der Waals surface area contributed by atoms with E-state index in [0.717, 1.165) is 0 Å². The van der Waals surface area contributed by atoms with Crippen molar-refractivity contribution in [1.82, 2.24) is 5.23 Å². The van der Waals surface area contributed by atoms with Gasteiger partial charge in [0.25, 0.3) is 0 Å². The lowest BCUT2D eigenvalue weighted by Crippen LogP contribution is -2.24. The van der Waals surface area contributed by atoms with Crippen molar-refractivity contribution >= 4 is 12.4 Å². The lowest BCUT2D eigenvalue weighted by atomic mass is 10.7. The molecule has 0 rings (SSSR count). The third-order valence-electron chi connectivity index (χ3n) is 0.334. The third kappa shape index (κ3) is 6.13. The molecule has 1 atom stereocenters. The first-order valence-corrected chi connectivity index (χ1v) is 1.49. The number of hydroxylamine groups is 2. The van der Waals surface area contributed by atoms with E-state index < -0.39 is 6.23 Å². The fourth-order valence-corrected chi connectivity index (χ4v) is 0. The van der Waals surface area contributed by atoms with Gasteiger partial charge < -0.3 is 5.11 Å². The van der Waals surface area contributed by atoms with Gasteiger partial charge in [-0.05, 0) is 12.2 Å². The van der Waals surface area contributed by atoms with Gasteiger partial charge >= 0.3 is 0 Å². The van der Waals surface area contributed by atoms with Gasteiger partial charge in [0.2, 0.25) is 0 Å². The van der Waals surface area contributed by atoms with Crippen molar-refractivity contribution in [2.24, 2.45) is 0 Å². The zero-order valence-electron chi connectivity index (χ0n) is 3.77. The minimum atomic E-state index is -1.20. The highest BCUT2D eigenvalue weighted by Crippen LogP contribution is 1.78. The highest BCUT2D eigenvalue weighted by Gasteiger charge is 1.97. The minimum Gasteiger partial charge on any atom is -0.374 e. The number of rotatable bonds is 1. The molecule has 4 nitrogen and oxygen atoms in total. The Morgan fingerprint density at radius 3 is 1.57 bits per heavy atom. The predicted molar refractivity (Wildman–Crippen MR) is 24.3 cm³/mol. The van der Waals surface area contributed by atoms with Crippen molar-refractivity contribution < 1.29 is 15.5 Å². The predicted octanol–water partition coefficient (Wildman–Crippen LogP) is -0.173. The van der Waals surface area contributed by atoms with Crippen LogP contribution in [0.15, 0.2) is 0 Å². The van der Waals surface area contributed by atoms with Crippen molar-refractivity contribution in [3.63, 3.8) is 0 Å². The van der Waals surface area contributed by atoms with Gasteiger partial charge in [0, 0.05) is 0 Å². The average molecular weight is 130 g/mol. The largest absolute Gasteiger partial charge is 0.374 e. The Morgan fingerprint density at radius 1 is 1.43 bits per heavy atom. The quantitative estimate of drug-likeness (QED) is 0.340. The van der Waals surface area contributed by atoms with Crippen LogP contribution in [0.3, 0.4) is 0 Å². The van der Waals surface area contributed by atoms with Crippen LogP contribution >= 0.6 is 12.4 Å². The van der Waals surface area contributed by atoms with Gasteiger partial charge in [-0.2, -0.15) is 0 Å². The molecule has 0 saturated carbocycles. The summed E-state index contributed by atoms with van der Waals surface area (Å²) in [5.74, 6) is 0. The number of halogens is 1. The van der Waals surface area contributed by atoms with Gasteiger partial charge in [0.1, 0.15) is 0 Å². The molecule has 0 heterocycles. The Hall–Kier alpha value is 0.130. The lowest BCUT2D eigenvalue weighted by Gasteiger charge is -2.06. The Balaban J connectivity index is 0. The SMILES string of the molecule is CC(O)N(O)O.Cl. The summed E-state index contributed by atoms with van der Waals surface area (Å²) in [5, 5.41) is 23.3. The van der Waals surface area contributed by atoms with Crippen molar-refractivity contribution in [2.45, 2.75) is 13.2 Å². The maximum absolute atomic E-state index is 8.06. The van der Waals surface area contributed by atoms with E-state index in [-0.39, 0.29) is 17.6 Å². The molecule has 0 aromatic rings. The maximum Gasteiger partial charge on any atom is 0.153 e. The summed E-state index contributed by atoms with van der Waals surface area (Å²) in [4.78, 5) is 0. The summed E-state index contributed by atoms with van der Waals surface area (Å²) in [6, 6.07) is 0.